The highest BCUT2D eigenvalue weighted by atomic mass is 79.9. The number of benzene rings is 1. The fourth-order valence-corrected chi connectivity index (χ4v) is 3.28. The molecule has 2 N–H and O–H groups in total. The Labute approximate surface area is 121 Å². The summed E-state index contributed by atoms with van der Waals surface area (Å²) in [6.07, 6.45) is 2.32. The Morgan fingerprint density at radius 1 is 1.42 bits per heavy atom. The van der Waals surface area contributed by atoms with Gasteiger partial charge >= 0.3 is 0 Å². The Balaban J connectivity index is 1.85. The fraction of sp³-hybridized carbons (Fsp3) is 0.500. The topological polar surface area (TPSA) is 50.9 Å². The number of rotatable bonds is 2. The molecule has 0 saturated carbocycles. The molecule has 1 aromatic rings. The van der Waals surface area contributed by atoms with Crippen molar-refractivity contribution in [3.05, 3.63) is 28.7 Å². The van der Waals surface area contributed by atoms with Crippen LogP contribution in [-0.2, 0) is 4.74 Å². The van der Waals surface area contributed by atoms with Crippen LogP contribution in [0.3, 0.4) is 0 Å². The lowest BCUT2D eigenvalue weighted by Gasteiger charge is -2.34. The van der Waals surface area contributed by atoms with E-state index in [0.29, 0.717) is 17.9 Å². The van der Waals surface area contributed by atoms with Crippen molar-refractivity contribution in [1.82, 2.24) is 0 Å². The average Bonchev–Trinajstić information content (AvgIpc) is 2.82. The Morgan fingerprint density at radius 3 is 3.05 bits per heavy atom. The molecule has 2 atom stereocenters. The van der Waals surface area contributed by atoms with Crippen molar-refractivity contribution in [1.29, 1.82) is 0 Å². The van der Waals surface area contributed by atoms with Crippen LogP contribution in [0.2, 0.25) is 0 Å². The zero-order valence-corrected chi connectivity index (χ0v) is 12.3. The minimum absolute atomic E-state index is 0.328. The summed E-state index contributed by atoms with van der Waals surface area (Å²) in [6.45, 7) is 2.47. The highest BCUT2D eigenvalue weighted by Gasteiger charge is 2.34. The molecule has 19 heavy (non-hydrogen) atoms. The standard InChI is InChI=1S/C14H18BrN3O/c15-11-4-1-5-12(7-11)18-13(8-17-14(18)16)10-3-2-6-19-9-10/h1,4-5,7,10,13H,2-3,6,8-9H2,(H2,16,17). The summed E-state index contributed by atoms with van der Waals surface area (Å²) in [6, 6.07) is 8.54. The number of hydrogen-bond donors (Lipinski definition) is 1. The van der Waals surface area contributed by atoms with Crippen LogP contribution in [0.25, 0.3) is 0 Å². The highest BCUT2D eigenvalue weighted by Crippen LogP contribution is 2.30. The van der Waals surface area contributed by atoms with E-state index >= 15 is 0 Å². The van der Waals surface area contributed by atoms with E-state index in [9.17, 15) is 0 Å². The van der Waals surface area contributed by atoms with Crippen molar-refractivity contribution in [2.75, 3.05) is 24.7 Å². The van der Waals surface area contributed by atoms with Gasteiger partial charge in [-0.05, 0) is 31.0 Å². The molecule has 0 bridgehead atoms. The van der Waals surface area contributed by atoms with Crippen molar-refractivity contribution in [3.8, 4) is 0 Å². The van der Waals surface area contributed by atoms with Gasteiger partial charge in [-0.1, -0.05) is 22.0 Å². The first-order valence-corrected chi connectivity index (χ1v) is 7.47. The largest absolute Gasteiger partial charge is 0.381 e. The third-order valence-corrected chi connectivity index (χ3v) is 4.34. The first kappa shape index (κ1) is 12.9. The van der Waals surface area contributed by atoms with Gasteiger partial charge in [0.1, 0.15) is 0 Å². The van der Waals surface area contributed by atoms with Crippen molar-refractivity contribution < 1.29 is 4.74 Å². The summed E-state index contributed by atoms with van der Waals surface area (Å²) >= 11 is 3.51. The maximum atomic E-state index is 6.08. The molecular weight excluding hydrogens is 306 g/mol. The van der Waals surface area contributed by atoms with Gasteiger partial charge in [0.15, 0.2) is 5.96 Å². The van der Waals surface area contributed by atoms with Gasteiger partial charge in [-0.2, -0.15) is 0 Å². The predicted octanol–water partition coefficient (Wildman–Crippen LogP) is 2.38. The molecule has 4 nitrogen and oxygen atoms in total. The van der Waals surface area contributed by atoms with Gasteiger partial charge in [0.05, 0.1) is 19.2 Å². The quantitative estimate of drug-likeness (QED) is 0.909. The van der Waals surface area contributed by atoms with E-state index in [4.69, 9.17) is 10.5 Å². The Bertz CT molecular complexity index is 485. The van der Waals surface area contributed by atoms with Crippen molar-refractivity contribution in [2.45, 2.75) is 18.9 Å². The molecule has 2 aliphatic heterocycles. The molecule has 0 aliphatic carbocycles. The second kappa shape index (κ2) is 5.51. The van der Waals surface area contributed by atoms with Crippen molar-refractivity contribution >= 4 is 27.6 Å². The molecule has 1 aromatic carbocycles. The van der Waals surface area contributed by atoms with E-state index < -0.39 is 0 Å². The van der Waals surface area contributed by atoms with E-state index in [0.717, 1.165) is 36.3 Å². The Hall–Kier alpha value is -1.07. The van der Waals surface area contributed by atoms with E-state index in [-0.39, 0.29) is 0 Å². The maximum Gasteiger partial charge on any atom is 0.196 e. The smallest absolute Gasteiger partial charge is 0.196 e. The molecule has 0 spiro atoms. The summed E-state index contributed by atoms with van der Waals surface area (Å²) in [7, 11) is 0. The fourth-order valence-electron chi connectivity index (χ4n) is 2.89. The van der Waals surface area contributed by atoms with Crippen molar-refractivity contribution in [3.63, 3.8) is 0 Å². The number of ether oxygens (including phenoxy) is 1. The summed E-state index contributed by atoms with van der Waals surface area (Å²) in [5, 5.41) is 0. The number of guanidine groups is 1. The molecule has 2 unspecified atom stereocenters. The molecule has 102 valence electrons. The van der Waals surface area contributed by atoms with Gasteiger partial charge < -0.3 is 15.4 Å². The number of nitrogens with two attached hydrogens (primary N) is 1. The van der Waals surface area contributed by atoms with Gasteiger partial charge in [0.2, 0.25) is 0 Å². The monoisotopic (exact) mass is 323 g/mol. The Morgan fingerprint density at radius 2 is 2.32 bits per heavy atom. The minimum Gasteiger partial charge on any atom is -0.381 e. The average molecular weight is 324 g/mol. The third-order valence-electron chi connectivity index (χ3n) is 3.84. The molecule has 1 fully saturated rings. The maximum absolute atomic E-state index is 6.08. The normalized spacial score (nSPS) is 27.4. The second-order valence-corrected chi connectivity index (χ2v) is 6.01. The van der Waals surface area contributed by atoms with Crippen LogP contribution >= 0.6 is 15.9 Å². The highest BCUT2D eigenvalue weighted by molar-refractivity contribution is 9.10. The van der Waals surface area contributed by atoms with E-state index in [1.54, 1.807) is 0 Å². The zero-order chi connectivity index (χ0) is 13.2. The molecule has 3 rings (SSSR count). The summed E-state index contributed by atoms with van der Waals surface area (Å²) in [4.78, 5) is 6.59. The van der Waals surface area contributed by atoms with Crippen LogP contribution in [0.5, 0.6) is 0 Å². The van der Waals surface area contributed by atoms with Crippen LogP contribution in [0.15, 0.2) is 33.7 Å². The molecular formula is C14H18BrN3O. The van der Waals surface area contributed by atoms with Gasteiger partial charge in [-0.15, -0.1) is 0 Å². The van der Waals surface area contributed by atoms with Crippen LogP contribution in [0.1, 0.15) is 12.8 Å². The van der Waals surface area contributed by atoms with Gasteiger partial charge in [0.25, 0.3) is 0 Å². The molecule has 0 amide bonds. The third kappa shape index (κ3) is 2.62. The minimum atomic E-state index is 0.328. The summed E-state index contributed by atoms with van der Waals surface area (Å²) in [5.41, 5.74) is 7.18. The molecule has 0 aromatic heterocycles. The summed E-state index contributed by atoms with van der Waals surface area (Å²) < 4.78 is 6.67. The van der Waals surface area contributed by atoms with Crippen LogP contribution in [0, 0.1) is 5.92 Å². The van der Waals surface area contributed by atoms with Gasteiger partial charge in [-0.3, -0.25) is 4.99 Å². The number of nitrogens with zero attached hydrogens (tertiary/aromatic N) is 2. The SMILES string of the molecule is NC1=NCC(C2CCCOC2)N1c1cccc(Br)c1. The van der Waals surface area contributed by atoms with E-state index in [1.165, 1.54) is 6.42 Å². The second-order valence-electron chi connectivity index (χ2n) is 5.09. The number of hydrogen-bond acceptors (Lipinski definition) is 4. The predicted molar refractivity (Wildman–Crippen MR) is 80.4 cm³/mol. The lowest BCUT2D eigenvalue weighted by Crippen LogP contribution is -2.47. The first-order valence-electron chi connectivity index (χ1n) is 6.68. The van der Waals surface area contributed by atoms with E-state index in [1.807, 2.05) is 12.1 Å². The zero-order valence-electron chi connectivity index (χ0n) is 10.8. The molecule has 5 heteroatoms. The number of anilines is 1. The van der Waals surface area contributed by atoms with E-state index in [2.05, 4.69) is 38.0 Å². The van der Waals surface area contributed by atoms with Gasteiger partial charge in [0, 0.05) is 22.7 Å². The molecule has 0 radical (unpaired) electrons. The van der Waals surface area contributed by atoms with Crippen LogP contribution in [-0.4, -0.2) is 31.8 Å². The molecule has 2 aliphatic rings. The van der Waals surface area contributed by atoms with Crippen LogP contribution < -0.4 is 10.6 Å². The lowest BCUT2D eigenvalue weighted by atomic mass is 9.93. The van der Waals surface area contributed by atoms with Crippen molar-refractivity contribution in [2.24, 2.45) is 16.6 Å². The van der Waals surface area contributed by atoms with Gasteiger partial charge in [-0.25, -0.2) is 0 Å². The van der Waals surface area contributed by atoms with Crippen LogP contribution in [0.4, 0.5) is 5.69 Å². The Kier molecular flexibility index (Phi) is 3.75. The summed E-state index contributed by atoms with van der Waals surface area (Å²) in [5.74, 6) is 1.13. The lowest BCUT2D eigenvalue weighted by molar-refractivity contribution is 0.0473. The molecule has 1 saturated heterocycles. The number of aliphatic imine (C=N–C) groups is 1. The first-order chi connectivity index (χ1) is 9.25. The molecule has 2 heterocycles. The number of halogens is 1.